The van der Waals surface area contributed by atoms with Gasteiger partial charge >= 0.3 is 6.03 Å². The van der Waals surface area contributed by atoms with Crippen LogP contribution in [0.2, 0.25) is 0 Å². The molecule has 5 nitrogen and oxygen atoms in total. The molecule has 0 unspecified atom stereocenters. The van der Waals surface area contributed by atoms with Gasteiger partial charge in [0.25, 0.3) is 0 Å². The van der Waals surface area contributed by atoms with Crippen LogP contribution in [-0.4, -0.2) is 53.5 Å². The highest BCUT2D eigenvalue weighted by Gasteiger charge is 2.27. The van der Waals surface area contributed by atoms with E-state index in [-0.39, 0.29) is 6.03 Å². The Morgan fingerprint density at radius 2 is 2.04 bits per heavy atom. The zero-order valence-electron chi connectivity index (χ0n) is 14.1. The Morgan fingerprint density at radius 1 is 1.30 bits per heavy atom. The molecule has 2 aliphatic rings. The number of rotatable bonds is 5. The van der Waals surface area contributed by atoms with Gasteiger partial charge in [0.05, 0.1) is 0 Å². The fourth-order valence-corrected chi connectivity index (χ4v) is 3.79. The van der Waals surface area contributed by atoms with Crippen molar-refractivity contribution in [2.75, 3.05) is 26.7 Å². The molecule has 0 aromatic carbocycles. The molecular weight excluding hydrogens is 288 g/mol. The SMILES string of the molecule is CN(Cc1ccncc1)C(=O)N[C@@H]1CCN(CC2CCCC2)C1. The Bertz CT molecular complexity index is 501. The summed E-state index contributed by atoms with van der Waals surface area (Å²) in [4.78, 5) is 20.6. The number of nitrogens with one attached hydrogen (secondary N) is 1. The van der Waals surface area contributed by atoms with E-state index in [2.05, 4.69) is 15.2 Å². The maximum absolute atomic E-state index is 12.3. The molecule has 0 bridgehead atoms. The molecule has 1 aromatic heterocycles. The molecule has 2 heterocycles. The van der Waals surface area contributed by atoms with Gasteiger partial charge in [-0.05, 0) is 42.9 Å². The number of likely N-dealkylation sites (tertiary alicyclic amines) is 1. The van der Waals surface area contributed by atoms with Gasteiger partial charge in [0, 0.05) is 51.7 Å². The van der Waals surface area contributed by atoms with E-state index in [1.165, 1.54) is 32.2 Å². The van der Waals surface area contributed by atoms with E-state index < -0.39 is 0 Å². The lowest BCUT2D eigenvalue weighted by Crippen LogP contribution is -2.44. The van der Waals surface area contributed by atoms with E-state index in [1.807, 2.05) is 19.2 Å². The maximum Gasteiger partial charge on any atom is 0.317 e. The molecule has 1 N–H and O–H groups in total. The van der Waals surface area contributed by atoms with Crippen molar-refractivity contribution in [3.63, 3.8) is 0 Å². The molecule has 2 fully saturated rings. The average molecular weight is 316 g/mol. The van der Waals surface area contributed by atoms with Gasteiger partial charge in [-0.2, -0.15) is 0 Å². The van der Waals surface area contributed by atoms with Gasteiger partial charge in [-0.1, -0.05) is 12.8 Å². The van der Waals surface area contributed by atoms with E-state index in [9.17, 15) is 4.79 Å². The fraction of sp³-hybridized carbons (Fsp3) is 0.667. The van der Waals surface area contributed by atoms with Gasteiger partial charge in [-0.3, -0.25) is 4.98 Å². The van der Waals surface area contributed by atoms with Gasteiger partial charge in [0.2, 0.25) is 0 Å². The fourth-order valence-electron chi connectivity index (χ4n) is 3.79. The first-order chi connectivity index (χ1) is 11.2. The summed E-state index contributed by atoms with van der Waals surface area (Å²) in [6.07, 6.45) is 10.2. The predicted molar refractivity (Wildman–Crippen MR) is 91.0 cm³/mol. The van der Waals surface area contributed by atoms with Crippen molar-refractivity contribution in [2.45, 2.75) is 44.7 Å². The summed E-state index contributed by atoms with van der Waals surface area (Å²) in [5, 5.41) is 3.18. The molecule has 1 aliphatic heterocycles. The second-order valence-corrected chi connectivity index (χ2v) is 7.06. The summed E-state index contributed by atoms with van der Waals surface area (Å²) in [5.41, 5.74) is 1.10. The van der Waals surface area contributed by atoms with Crippen LogP contribution in [0.4, 0.5) is 4.79 Å². The van der Waals surface area contributed by atoms with Crippen LogP contribution in [0.25, 0.3) is 0 Å². The second-order valence-electron chi connectivity index (χ2n) is 7.06. The van der Waals surface area contributed by atoms with Crippen molar-refractivity contribution >= 4 is 6.03 Å². The van der Waals surface area contributed by atoms with Crippen molar-refractivity contribution in [2.24, 2.45) is 5.92 Å². The van der Waals surface area contributed by atoms with Crippen LogP contribution in [-0.2, 0) is 6.54 Å². The smallest absolute Gasteiger partial charge is 0.317 e. The molecule has 1 aromatic rings. The minimum Gasteiger partial charge on any atom is -0.334 e. The van der Waals surface area contributed by atoms with E-state index in [0.29, 0.717) is 12.6 Å². The molecule has 23 heavy (non-hydrogen) atoms. The molecule has 1 saturated carbocycles. The van der Waals surface area contributed by atoms with E-state index >= 15 is 0 Å². The van der Waals surface area contributed by atoms with Gasteiger partial charge in [0.1, 0.15) is 0 Å². The second kappa shape index (κ2) is 7.77. The molecule has 0 spiro atoms. The number of aromatic nitrogens is 1. The van der Waals surface area contributed by atoms with E-state index in [0.717, 1.165) is 31.0 Å². The molecule has 3 rings (SSSR count). The molecule has 1 saturated heterocycles. The molecule has 0 radical (unpaired) electrons. The van der Waals surface area contributed by atoms with Crippen molar-refractivity contribution in [1.82, 2.24) is 20.1 Å². The zero-order chi connectivity index (χ0) is 16.1. The molecule has 2 amide bonds. The quantitative estimate of drug-likeness (QED) is 0.908. The number of hydrogen-bond donors (Lipinski definition) is 1. The number of hydrogen-bond acceptors (Lipinski definition) is 3. The molecule has 1 aliphatic carbocycles. The van der Waals surface area contributed by atoms with Crippen LogP contribution in [0.1, 0.15) is 37.7 Å². The Morgan fingerprint density at radius 3 is 2.78 bits per heavy atom. The Labute approximate surface area is 139 Å². The summed E-state index contributed by atoms with van der Waals surface area (Å²) in [7, 11) is 1.85. The number of amides is 2. The topological polar surface area (TPSA) is 48.5 Å². The van der Waals surface area contributed by atoms with Crippen molar-refractivity contribution in [1.29, 1.82) is 0 Å². The maximum atomic E-state index is 12.3. The summed E-state index contributed by atoms with van der Waals surface area (Å²) in [6, 6.07) is 4.21. The first kappa shape index (κ1) is 16.2. The zero-order valence-corrected chi connectivity index (χ0v) is 14.1. The largest absolute Gasteiger partial charge is 0.334 e. The Balaban J connectivity index is 1.41. The van der Waals surface area contributed by atoms with Gasteiger partial charge in [-0.25, -0.2) is 4.79 Å². The van der Waals surface area contributed by atoms with Gasteiger partial charge < -0.3 is 15.1 Å². The average Bonchev–Trinajstić information content (AvgIpc) is 3.21. The first-order valence-electron chi connectivity index (χ1n) is 8.83. The summed E-state index contributed by atoms with van der Waals surface area (Å²) < 4.78 is 0. The summed E-state index contributed by atoms with van der Waals surface area (Å²) in [6.45, 7) is 3.97. The van der Waals surface area contributed by atoms with Crippen LogP contribution >= 0.6 is 0 Å². The number of nitrogens with zero attached hydrogens (tertiary/aromatic N) is 3. The minimum absolute atomic E-state index is 0.0227. The first-order valence-corrected chi connectivity index (χ1v) is 8.83. The molecule has 1 atom stereocenters. The van der Waals surface area contributed by atoms with Crippen molar-refractivity contribution < 1.29 is 4.79 Å². The van der Waals surface area contributed by atoms with Crippen molar-refractivity contribution in [3.05, 3.63) is 30.1 Å². The normalized spacial score (nSPS) is 22.4. The lowest BCUT2D eigenvalue weighted by Gasteiger charge is -2.22. The number of carbonyl (C=O) groups excluding carboxylic acids is 1. The lowest BCUT2D eigenvalue weighted by atomic mass is 10.1. The number of pyridine rings is 1. The van der Waals surface area contributed by atoms with Crippen LogP contribution in [0, 0.1) is 5.92 Å². The standard InChI is InChI=1S/C18H28N4O/c1-21(12-16-6-9-19-10-7-16)18(23)20-17-8-11-22(14-17)13-15-4-2-3-5-15/h6-7,9-10,15,17H,2-5,8,11-14H2,1H3,(H,20,23)/t17-/m1/s1. The van der Waals surface area contributed by atoms with Gasteiger partial charge in [0.15, 0.2) is 0 Å². The molecular formula is C18H28N4O. The summed E-state index contributed by atoms with van der Waals surface area (Å²) in [5.74, 6) is 0.888. The van der Waals surface area contributed by atoms with Gasteiger partial charge in [-0.15, -0.1) is 0 Å². The monoisotopic (exact) mass is 316 g/mol. The minimum atomic E-state index is 0.0227. The van der Waals surface area contributed by atoms with E-state index in [1.54, 1.807) is 17.3 Å². The highest BCUT2D eigenvalue weighted by Crippen LogP contribution is 2.26. The number of urea groups is 1. The van der Waals surface area contributed by atoms with Crippen LogP contribution in [0.15, 0.2) is 24.5 Å². The van der Waals surface area contributed by atoms with E-state index in [4.69, 9.17) is 0 Å². The van der Waals surface area contributed by atoms with Crippen LogP contribution in [0.5, 0.6) is 0 Å². The summed E-state index contributed by atoms with van der Waals surface area (Å²) >= 11 is 0. The highest BCUT2D eigenvalue weighted by molar-refractivity contribution is 5.74. The third-order valence-corrected chi connectivity index (χ3v) is 5.11. The number of carbonyl (C=O) groups is 1. The lowest BCUT2D eigenvalue weighted by molar-refractivity contribution is 0.201. The highest BCUT2D eigenvalue weighted by atomic mass is 16.2. The van der Waals surface area contributed by atoms with Crippen molar-refractivity contribution in [3.8, 4) is 0 Å². The third kappa shape index (κ3) is 4.67. The Kier molecular flexibility index (Phi) is 5.49. The van der Waals surface area contributed by atoms with Crippen LogP contribution < -0.4 is 5.32 Å². The third-order valence-electron chi connectivity index (χ3n) is 5.11. The molecule has 5 heteroatoms. The van der Waals surface area contributed by atoms with Crippen LogP contribution in [0.3, 0.4) is 0 Å². The molecule has 126 valence electrons. The predicted octanol–water partition coefficient (Wildman–Crippen LogP) is 2.49. The Hall–Kier alpha value is -1.62.